The maximum absolute atomic E-state index is 12.2. The van der Waals surface area contributed by atoms with Gasteiger partial charge in [0.2, 0.25) is 0 Å². The molecule has 1 unspecified atom stereocenters. The molecule has 1 nitrogen and oxygen atoms in total. The van der Waals surface area contributed by atoms with E-state index >= 15 is 0 Å². The zero-order chi connectivity index (χ0) is 9.61. The van der Waals surface area contributed by atoms with Crippen LogP contribution >= 0.6 is 0 Å². The van der Waals surface area contributed by atoms with Gasteiger partial charge in [0, 0.05) is 0 Å². The molecule has 0 aliphatic heterocycles. The second kappa shape index (κ2) is 5.46. The lowest BCUT2D eigenvalue weighted by Gasteiger charge is -2.23. The second-order valence-corrected chi connectivity index (χ2v) is 3.62. The van der Waals surface area contributed by atoms with E-state index in [1.165, 1.54) is 6.92 Å². The zero-order valence-electron chi connectivity index (χ0n) is 7.95. The standard InChI is InChI=1S/C9H19F2N/c1-3-4-5-6-7-9(2,12)8(10)11/h8H,3-7,12H2,1-2H3. The highest BCUT2D eigenvalue weighted by Gasteiger charge is 2.29. The van der Waals surface area contributed by atoms with E-state index in [1.807, 2.05) is 0 Å². The minimum Gasteiger partial charge on any atom is -0.321 e. The van der Waals surface area contributed by atoms with Gasteiger partial charge in [0.05, 0.1) is 5.54 Å². The molecule has 0 rings (SSSR count). The monoisotopic (exact) mass is 179 g/mol. The molecule has 0 aromatic rings. The molecule has 0 aliphatic carbocycles. The normalized spacial score (nSPS) is 16.5. The van der Waals surface area contributed by atoms with Crippen LogP contribution in [0.1, 0.15) is 46.0 Å². The molecule has 0 fully saturated rings. The van der Waals surface area contributed by atoms with Crippen LogP contribution in [-0.4, -0.2) is 12.0 Å². The Morgan fingerprint density at radius 2 is 1.83 bits per heavy atom. The lowest BCUT2D eigenvalue weighted by molar-refractivity contribution is 0.0574. The highest BCUT2D eigenvalue weighted by Crippen LogP contribution is 2.19. The number of hydrogen-bond donors (Lipinski definition) is 1. The Bertz CT molecular complexity index is 113. The van der Waals surface area contributed by atoms with Crippen LogP contribution in [0.5, 0.6) is 0 Å². The Kier molecular flexibility index (Phi) is 5.38. The summed E-state index contributed by atoms with van der Waals surface area (Å²) in [6.45, 7) is 3.51. The predicted molar refractivity (Wildman–Crippen MR) is 47.4 cm³/mol. The van der Waals surface area contributed by atoms with Crippen molar-refractivity contribution in [2.24, 2.45) is 5.73 Å². The number of halogens is 2. The van der Waals surface area contributed by atoms with Crippen molar-refractivity contribution in [2.45, 2.75) is 57.9 Å². The number of unbranched alkanes of at least 4 members (excludes halogenated alkanes) is 3. The zero-order valence-corrected chi connectivity index (χ0v) is 7.95. The van der Waals surface area contributed by atoms with Gasteiger partial charge in [0.25, 0.3) is 6.43 Å². The van der Waals surface area contributed by atoms with Crippen LogP contribution in [-0.2, 0) is 0 Å². The molecule has 12 heavy (non-hydrogen) atoms. The van der Waals surface area contributed by atoms with Crippen LogP contribution in [0.15, 0.2) is 0 Å². The minimum absolute atomic E-state index is 0.421. The number of rotatable bonds is 6. The van der Waals surface area contributed by atoms with E-state index in [1.54, 1.807) is 0 Å². The minimum atomic E-state index is -2.40. The molecule has 0 aliphatic rings. The van der Waals surface area contributed by atoms with Crippen molar-refractivity contribution < 1.29 is 8.78 Å². The van der Waals surface area contributed by atoms with Gasteiger partial charge in [-0.1, -0.05) is 32.6 Å². The van der Waals surface area contributed by atoms with Gasteiger partial charge in [-0.2, -0.15) is 0 Å². The van der Waals surface area contributed by atoms with E-state index in [0.717, 1.165) is 25.7 Å². The van der Waals surface area contributed by atoms with Crippen molar-refractivity contribution in [1.29, 1.82) is 0 Å². The van der Waals surface area contributed by atoms with Gasteiger partial charge in [-0.3, -0.25) is 0 Å². The quantitative estimate of drug-likeness (QED) is 0.623. The van der Waals surface area contributed by atoms with Crippen molar-refractivity contribution in [3.05, 3.63) is 0 Å². The average Bonchev–Trinajstić information content (AvgIpc) is 1.98. The Morgan fingerprint density at radius 3 is 2.25 bits per heavy atom. The summed E-state index contributed by atoms with van der Waals surface area (Å²) in [6.07, 6.45) is 2.07. The van der Waals surface area contributed by atoms with E-state index in [-0.39, 0.29) is 0 Å². The average molecular weight is 179 g/mol. The van der Waals surface area contributed by atoms with E-state index in [0.29, 0.717) is 6.42 Å². The molecule has 0 heterocycles. The van der Waals surface area contributed by atoms with Crippen LogP contribution < -0.4 is 5.73 Å². The van der Waals surface area contributed by atoms with E-state index in [2.05, 4.69) is 6.92 Å². The molecule has 3 heteroatoms. The number of alkyl halides is 2. The lowest BCUT2D eigenvalue weighted by Crippen LogP contribution is -2.43. The third kappa shape index (κ3) is 4.65. The number of nitrogens with two attached hydrogens (primary N) is 1. The van der Waals surface area contributed by atoms with Crippen LogP contribution in [0.25, 0.3) is 0 Å². The molecule has 0 bridgehead atoms. The Morgan fingerprint density at radius 1 is 1.25 bits per heavy atom. The third-order valence-corrected chi connectivity index (χ3v) is 2.07. The van der Waals surface area contributed by atoms with Crippen molar-refractivity contribution in [3.63, 3.8) is 0 Å². The summed E-state index contributed by atoms with van der Waals surface area (Å²) in [5.41, 5.74) is 4.11. The van der Waals surface area contributed by atoms with Crippen molar-refractivity contribution >= 4 is 0 Å². The van der Waals surface area contributed by atoms with E-state index in [9.17, 15) is 8.78 Å². The first-order valence-electron chi connectivity index (χ1n) is 4.57. The van der Waals surface area contributed by atoms with Gasteiger partial charge in [-0.05, 0) is 13.3 Å². The summed E-state index contributed by atoms with van der Waals surface area (Å²) in [7, 11) is 0. The molecule has 2 N–H and O–H groups in total. The number of hydrogen-bond acceptors (Lipinski definition) is 1. The Hall–Kier alpha value is -0.180. The molecule has 0 saturated heterocycles. The molecule has 1 atom stereocenters. The Labute approximate surface area is 73.3 Å². The van der Waals surface area contributed by atoms with Crippen molar-refractivity contribution in [1.82, 2.24) is 0 Å². The van der Waals surface area contributed by atoms with Crippen molar-refractivity contribution in [3.8, 4) is 0 Å². The molecule has 0 radical (unpaired) electrons. The van der Waals surface area contributed by atoms with Gasteiger partial charge in [0.15, 0.2) is 0 Å². The molecular weight excluding hydrogens is 160 g/mol. The van der Waals surface area contributed by atoms with Gasteiger partial charge in [0.1, 0.15) is 0 Å². The summed E-state index contributed by atoms with van der Waals surface area (Å²) >= 11 is 0. The molecule has 0 aromatic heterocycles. The van der Waals surface area contributed by atoms with E-state index in [4.69, 9.17) is 5.73 Å². The first kappa shape index (κ1) is 11.8. The van der Waals surface area contributed by atoms with Gasteiger partial charge in [-0.15, -0.1) is 0 Å². The fraction of sp³-hybridized carbons (Fsp3) is 1.00. The van der Waals surface area contributed by atoms with Gasteiger partial charge >= 0.3 is 0 Å². The summed E-state index contributed by atoms with van der Waals surface area (Å²) in [5.74, 6) is 0. The molecule has 0 saturated carbocycles. The summed E-state index contributed by atoms with van der Waals surface area (Å²) < 4.78 is 24.4. The highest BCUT2D eigenvalue weighted by molar-refractivity contribution is 4.80. The predicted octanol–water partition coefficient (Wildman–Crippen LogP) is 2.94. The molecule has 0 spiro atoms. The maximum Gasteiger partial charge on any atom is 0.255 e. The van der Waals surface area contributed by atoms with Crippen molar-refractivity contribution in [2.75, 3.05) is 0 Å². The first-order chi connectivity index (χ1) is 5.50. The fourth-order valence-corrected chi connectivity index (χ4v) is 1.04. The van der Waals surface area contributed by atoms with Crippen LogP contribution in [0.2, 0.25) is 0 Å². The molecular formula is C9H19F2N. The fourth-order valence-electron chi connectivity index (χ4n) is 1.04. The first-order valence-corrected chi connectivity index (χ1v) is 4.57. The highest BCUT2D eigenvalue weighted by atomic mass is 19.3. The van der Waals surface area contributed by atoms with Crippen LogP contribution in [0, 0.1) is 0 Å². The molecule has 74 valence electrons. The van der Waals surface area contributed by atoms with Crippen LogP contribution in [0.3, 0.4) is 0 Å². The van der Waals surface area contributed by atoms with Crippen LogP contribution in [0.4, 0.5) is 8.78 Å². The maximum atomic E-state index is 12.2. The third-order valence-electron chi connectivity index (χ3n) is 2.07. The summed E-state index contributed by atoms with van der Waals surface area (Å²) in [6, 6.07) is 0. The summed E-state index contributed by atoms with van der Waals surface area (Å²) in [4.78, 5) is 0. The molecule has 0 aromatic carbocycles. The smallest absolute Gasteiger partial charge is 0.255 e. The lowest BCUT2D eigenvalue weighted by atomic mass is 9.96. The SMILES string of the molecule is CCCCCCC(C)(N)C(F)F. The Balaban J connectivity index is 3.47. The largest absolute Gasteiger partial charge is 0.321 e. The van der Waals surface area contributed by atoms with Gasteiger partial charge < -0.3 is 5.73 Å². The topological polar surface area (TPSA) is 26.0 Å². The second-order valence-electron chi connectivity index (χ2n) is 3.62. The van der Waals surface area contributed by atoms with Gasteiger partial charge in [-0.25, -0.2) is 8.78 Å². The summed E-state index contributed by atoms with van der Waals surface area (Å²) in [5, 5.41) is 0. The van der Waals surface area contributed by atoms with E-state index < -0.39 is 12.0 Å². The molecule has 0 amide bonds.